The van der Waals surface area contributed by atoms with Gasteiger partial charge in [-0.15, -0.1) is 5.10 Å². The van der Waals surface area contributed by atoms with Gasteiger partial charge in [0, 0.05) is 12.2 Å². The van der Waals surface area contributed by atoms with Crippen LogP contribution < -0.4 is 10.1 Å². The van der Waals surface area contributed by atoms with Crippen LogP contribution in [-0.2, 0) is 13.0 Å². The lowest BCUT2D eigenvalue weighted by molar-refractivity contribution is 0.463. The molecule has 2 aromatic heterocycles. The minimum atomic E-state index is 0.568. The van der Waals surface area contributed by atoms with Gasteiger partial charge in [0.2, 0.25) is 0 Å². The van der Waals surface area contributed by atoms with Crippen LogP contribution in [0.15, 0.2) is 12.1 Å². The first-order valence-corrected chi connectivity index (χ1v) is 7.72. The fourth-order valence-electron chi connectivity index (χ4n) is 1.76. The molecule has 0 spiro atoms. The van der Waals surface area contributed by atoms with Gasteiger partial charge in [-0.3, -0.25) is 4.98 Å². The number of nitrogens with zero attached hydrogens (tertiary/aromatic N) is 3. The van der Waals surface area contributed by atoms with Crippen molar-refractivity contribution in [1.82, 2.24) is 20.5 Å². The van der Waals surface area contributed by atoms with E-state index in [0.717, 1.165) is 48.1 Å². The lowest BCUT2D eigenvalue weighted by Crippen LogP contribution is -2.13. The van der Waals surface area contributed by atoms with Gasteiger partial charge in [-0.1, -0.05) is 30.3 Å². The number of rotatable bonds is 7. The maximum Gasteiger partial charge on any atom is 0.299 e. The van der Waals surface area contributed by atoms with Crippen molar-refractivity contribution in [3.63, 3.8) is 0 Å². The van der Waals surface area contributed by atoms with Crippen molar-refractivity contribution < 1.29 is 4.74 Å². The van der Waals surface area contributed by atoms with Crippen LogP contribution >= 0.6 is 11.3 Å². The van der Waals surface area contributed by atoms with Gasteiger partial charge in [0.15, 0.2) is 5.75 Å². The number of aromatic nitrogens is 3. The largest absolute Gasteiger partial charge is 0.428 e. The van der Waals surface area contributed by atoms with Crippen molar-refractivity contribution in [3.8, 4) is 10.9 Å². The molecule has 0 aromatic carbocycles. The van der Waals surface area contributed by atoms with Crippen LogP contribution in [0.25, 0.3) is 0 Å². The minimum absolute atomic E-state index is 0.568. The van der Waals surface area contributed by atoms with Gasteiger partial charge >= 0.3 is 0 Å². The minimum Gasteiger partial charge on any atom is -0.428 e. The van der Waals surface area contributed by atoms with E-state index in [2.05, 4.69) is 34.3 Å². The van der Waals surface area contributed by atoms with Gasteiger partial charge in [-0.25, -0.2) is 0 Å². The molecule has 5 nitrogen and oxygen atoms in total. The summed E-state index contributed by atoms with van der Waals surface area (Å²) >= 11 is 1.47. The molecule has 2 rings (SSSR count). The van der Waals surface area contributed by atoms with Crippen molar-refractivity contribution in [2.24, 2.45) is 0 Å². The number of hydrogen-bond donors (Lipinski definition) is 1. The smallest absolute Gasteiger partial charge is 0.299 e. The molecule has 0 unspecified atom stereocenters. The predicted molar refractivity (Wildman–Crippen MR) is 80.3 cm³/mol. The van der Waals surface area contributed by atoms with E-state index in [0.29, 0.717) is 5.19 Å². The Morgan fingerprint density at radius 3 is 2.85 bits per heavy atom. The van der Waals surface area contributed by atoms with Crippen LogP contribution in [-0.4, -0.2) is 21.7 Å². The van der Waals surface area contributed by atoms with Gasteiger partial charge < -0.3 is 10.1 Å². The van der Waals surface area contributed by atoms with E-state index in [-0.39, 0.29) is 0 Å². The summed E-state index contributed by atoms with van der Waals surface area (Å²) in [6.07, 6.45) is 1.94. The molecule has 0 saturated carbocycles. The molecular weight excluding hydrogens is 272 g/mol. The molecule has 0 aliphatic heterocycles. The van der Waals surface area contributed by atoms with Crippen molar-refractivity contribution in [3.05, 3.63) is 28.5 Å². The Morgan fingerprint density at radius 2 is 2.10 bits per heavy atom. The predicted octanol–water partition coefficient (Wildman–Crippen LogP) is 3.10. The molecule has 20 heavy (non-hydrogen) atoms. The highest BCUT2D eigenvalue weighted by atomic mass is 32.1. The topological polar surface area (TPSA) is 59.9 Å². The average Bonchev–Trinajstić information content (AvgIpc) is 2.89. The Kier molecular flexibility index (Phi) is 5.43. The molecule has 0 amide bonds. The third kappa shape index (κ3) is 3.98. The highest BCUT2D eigenvalue weighted by molar-refractivity contribution is 7.13. The van der Waals surface area contributed by atoms with E-state index in [1.54, 1.807) is 0 Å². The zero-order valence-corrected chi connectivity index (χ0v) is 13.0. The molecule has 0 aliphatic rings. The van der Waals surface area contributed by atoms with E-state index < -0.39 is 0 Å². The number of nitrogens with one attached hydrogen (secondary N) is 1. The summed E-state index contributed by atoms with van der Waals surface area (Å²) in [6, 6.07) is 3.89. The normalized spacial score (nSPS) is 10.8. The maximum atomic E-state index is 5.80. The Balaban J connectivity index is 2.03. The molecule has 0 aliphatic carbocycles. The first-order chi connectivity index (χ1) is 9.72. The molecule has 108 valence electrons. The molecule has 2 aromatic rings. The fourth-order valence-corrected chi connectivity index (χ4v) is 2.43. The lowest BCUT2D eigenvalue weighted by Gasteiger charge is -2.06. The Hall–Kier alpha value is -1.53. The lowest BCUT2D eigenvalue weighted by atomic mass is 10.2. The van der Waals surface area contributed by atoms with Crippen molar-refractivity contribution in [2.75, 3.05) is 6.54 Å². The maximum absolute atomic E-state index is 5.80. The molecule has 6 heteroatoms. The summed E-state index contributed by atoms with van der Waals surface area (Å²) < 4.78 is 5.80. The third-order valence-electron chi connectivity index (χ3n) is 2.76. The van der Waals surface area contributed by atoms with E-state index >= 15 is 0 Å². The van der Waals surface area contributed by atoms with Gasteiger partial charge in [0.05, 0.1) is 5.69 Å². The zero-order valence-electron chi connectivity index (χ0n) is 12.1. The summed E-state index contributed by atoms with van der Waals surface area (Å²) in [5.41, 5.74) is 1.95. The van der Waals surface area contributed by atoms with E-state index in [1.807, 2.05) is 19.1 Å². The van der Waals surface area contributed by atoms with Crippen LogP contribution in [0.4, 0.5) is 0 Å². The van der Waals surface area contributed by atoms with Crippen LogP contribution in [0.1, 0.15) is 36.7 Å². The van der Waals surface area contributed by atoms with Crippen molar-refractivity contribution >= 4 is 11.3 Å². The third-order valence-corrected chi connectivity index (χ3v) is 3.56. The molecule has 0 saturated heterocycles. The van der Waals surface area contributed by atoms with E-state index in [9.17, 15) is 0 Å². The van der Waals surface area contributed by atoms with E-state index in [1.165, 1.54) is 11.3 Å². The molecule has 0 fully saturated rings. The highest BCUT2D eigenvalue weighted by Gasteiger charge is 2.09. The first kappa shape index (κ1) is 14.9. The van der Waals surface area contributed by atoms with Gasteiger partial charge in [0.1, 0.15) is 5.01 Å². The Morgan fingerprint density at radius 1 is 1.25 bits per heavy atom. The second kappa shape index (κ2) is 7.31. The molecule has 1 N–H and O–H groups in total. The monoisotopic (exact) mass is 292 g/mol. The summed E-state index contributed by atoms with van der Waals surface area (Å²) in [4.78, 5) is 4.47. The van der Waals surface area contributed by atoms with Crippen LogP contribution in [0, 0.1) is 6.92 Å². The summed E-state index contributed by atoms with van der Waals surface area (Å²) in [5.74, 6) is 0.766. The number of ether oxygens (including phenoxy) is 1. The Labute approximate surface area is 123 Å². The summed E-state index contributed by atoms with van der Waals surface area (Å²) in [7, 11) is 0. The zero-order chi connectivity index (χ0) is 14.4. The van der Waals surface area contributed by atoms with Crippen molar-refractivity contribution in [2.45, 2.75) is 40.2 Å². The molecular formula is C14H20N4OS. The second-order valence-electron chi connectivity index (χ2n) is 4.49. The molecule has 0 radical (unpaired) electrons. The van der Waals surface area contributed by atoms with E-state index in [4.69, 9.17) is 4.74 Å². The van der Waals surface area contributed by atoms with Gasteiger partial charge in [0.25, 0.3) is 5.19 Å². The average molecular weight is 292 g/mol. The summed E-state index contributed by atoms with van der Waals surface area (Å²) in [6.45, 7) is 7.90. The van der Waals surface area contributed by atoms with Crippen LogP contribution in [0.5, 0.6) is 10.9 Å². The Bertz CT molecular complexity index is 556. The molecule has 0 atom stereocenters. The fraction of sp³-hybridized carbons (Fsp3) is 0.500. The van der Waals surface area contributed by atoms with Gasteiger partial charge in [-0.2, -0.15) is 0 Å². The second-order valence-corrected chi connectivity index (χ2v) is 5.52. The molecule has 0 bridgehead atoms. The summed E-state index contributed by atoms with van der Waals surface area (Å²) in [5, 5.41) is 13.0. The van der Waals surface area contributed by atoms with Crippen LogP contribution in [0.2, 0.25) is 0 Å². The SMILES string of the molecule is CCCNCc1nnc(Oc2ccc(C)nc2CC)s1. The number of aryl methyl sites for hydroxylation is 2. The number of hydrogen-bond acceptors (Lipinski definition) is 6. The molecule has 2 heterocycles. The number of pyridine rings is 1. The van der Waals surface area contributed by atoms with Crippen LogP contribution in [0.3, 0.4) is 0 Å². The van der Waals surface area contributed by atoms with Gasteiger partial charge in [-0.05, 0) is 38.4 Å². The first-order valence-electron chi connectivity index (χ1n) is 6.90. The van der Waals surface area contributed by atoms with Crippen molar-refractivity contribution in [1.29, 1.82) is 0 Å². The standard InChI is InChI=1S/C14H20N4OS/c1-4-8-15-9-13-17-18-14(20-13)19-12-7-6-10(3)16-11(12)5-2/h6-7,15H,4-5,8-9H2,1-3H3. The quantitative estimate of drug-likeness (QED) is 0.795. The highest BCUT2D eigenvalue weighted by Crippen LogP contribution is 2.27.